The Morgan fingerprint density at radius 3 is 2.82 bits per heavy atom. The zero-order valence-corrected chi connectivity index (χ0v) is 9.88. The second kappa shape index (κ2) is 4.93. The summed E-state index contributed by atoms with van der Waals surface area (Å²) in [6.07, 6.45) is 2.50. The second-order valence-electron chi connectivity index (χ2n) is 4.07. The molecular weight excluding hydrogens is 216 g/mol. The van der Waals surface area contributed by atoms with Crippen LogP contribution in [0.25, 0.3) is 11.5 Å². The molecule has 0 unspecified atom stereocenters. The summed E-state index contributed by atoms with van der Waals surface area (Å²) < 4.78 is 5.61. The highest BCUT2D eigenvalue weighted by Gasteiger charge is 2.10. The van der Waals surface area contributed by atoms with Crippen molar-refractivity contribution in [3.63, 3.8) is 0 Å². The van der Waals surface area contributed by atoms with Crippen LogP contribution >= 0.6 is 0 Å². The first-order chi connectivity index (χ1) is 8.20. The van der Waals surface area contributed by atoms with Crippen molar-refractivity contribution >= 4 is 6.29 Å². The van der Waals surface area contributed by atoms with E-state index in [1.165, 1.54) is 0 Å². The normalized spacial score (nSPS) is 10.8. The van der Waals surface area contributed by atoms with Crippen molar-refractivity contribution in [3.8, 4) is 11.5 Å². The van der Waals surface area contributed by atoms with Gasteiger partial charge in [-0.05, 0) is 20.2 Å². The molecule has 0 aliphatic heterocycles. The largest absolute Gasteiger partial charge is 0.440 e. The second-order valence-corrected chi connectivity index (χ2v) is 4.07. The molecular formula is C13H14N2O2. The molecule has 1 aromatic heterocycles. The fraction of sp³-hybridized carbons (Fsp3) is 0.231. The summed E-state index contributed by atoms with van der Waals surface area (Å²) in [7, 11) is 3.92. The number of carbonyl (C=O) groups excluding carboxylic acids is 1. The number of benzene rings is 1. The van der Waals surface area contributed by atoms with Crippen LogP contribution in [-0.4, -0.2) is 30.3 Å². The van der Waals surface area contributed by atoms with Crippen molar-refractivity contribution in [2.45, 2.75) is 6.54 Å². The number of hydrogen-bond donors (Lipinski definition) is 0. The van der Waals surface area contributed by atoms with E-state index in [0.29, 0.717) is 18.0 Å². The number of nitrogens with zero attached hydrogens (tertiary/aromatic N) is 2. The lowest BCUT2D eigenvalue weighted by atomic mass is 10.1. The first kappa shape index (κ1) is 11.5. The Morgan fingerprint density at radius 1 is 1.35 bits per heavy atom. The van der Waals surface area contributed by atoms with Gasteiger partial charge in [0.1, 0.15) is 5.76 Å². The van der Waals surface area contributed by atoms with Crippen LogP contribution in [0.1, 0.15) is 16.1 Å². The van der Waals surface area contributed by atoms with Gasteiger partial charge in [0, 0.05) is 11.1 Å². The SMILES string of the molecule is CN(C)Cc1cnc(-c2ccccc2C=O)o1. The minimum Gasteiger partial charge on any atom is -0.440 e. The Hall–Kier alpha value is -1.94. The van der Waals surface area contributed by atoms with Crippen LogP contribution in [0.2, 0.25) is 0 Å². The lowest BCUT2D eigenvalue weighted by Gasteiger charge is -2.05. The Balaban J connectivity index is 2.33. The third kappa shape index (κ3) is 2.60. The van der Waals surface area contributed by atoms with Gasteiger partial charge in [-0.1, -0.05) is 18.2 Å². The van der Waals surface area contributed by atoms with E-state index in [1.54, 1.807) is 12.3 Å². The van der Waals surface area contributed by atoms with E-state index in [4.69, 9.17) is 4.42 Å². The number of carbonyl (C=O) groups is 1. The van der Waals surface area contributed by atoms with Crippen molar-refractivity contribution in [3.05, 3.63) is 41.8 Å². The first-order valence-electron chi connectivity index (χ1n) is 5.34. The van der Waals surface area contributed by atoms with Crippen LogP contribution in [0.4, 0.5) is 0 Å². The molecule has 0 N–H and O–H groups in total. The topological polar surface area (TPSA) is 46.3 Å². The maximum absolute atomic E-state index is 10.9. The highest BCUT2D eigenvalue weighted by Crippen LogP contribution is 2.22. The summed E-state index contributed by atoms with van der Waals surface area (Å²) in [5.41, 5.74) is 1.32. The maximum Gasteiger partial charge on any atom is 0.227 e. The Labute approximate surface area is 99.9 Å². The van der Waals surface area contributed by atoms with Gasteiger partial charge >= 0.3 is 0 Å². The smallest absolute Gasteiger partial charge is 0.227 e. The predicted molar refractivity (Wildman–Crippen MR) is 64.7 cm³/mol. The summed E-state index contributed by atoms with van der Waals surface area (Å²) in [4.78, 5) is 17.1. The fourth-order valence-electron chi connectivity index (χ4n) is 1.61. The van der Waals surface area contributed by atoms with Crippen molar-refractivity contribution in [2.24, 2.45) is 0 Å². The van der Waals surface area contributed by atoms with Crippen molar-refractivity contribution < 1.29 is 9.21 Å². The minimum absolute atomic E-state index is 0.490. The molecule has 0 aliphatic rings. The molecule has 1 aromatic carbocycles. The van der Waals surface area contributed by atoms with Crippen molar-refractivity contribution in [1.29, 1.82) is 0 Å². The monoisotopic (exact) mass is 230 g/mol. The van der Waals surface area contributed by atoms with Gasteiger partial charge in [-0.25, -0.2) is 4.98 Å². The molecule has 0 saturated carbocycles. The molecule has 2 aromatic rings. The van der Waals surface area contributed by atoms with Crippen LogP contribution in [0.3, 0.4) is 0 Å². The van der Waals surface area contributed by atoms with E-state index in [-0.39, 0.29) is 0 Å². The highest BCUT2D eigenvalue weighted by atomic mass is 16.4. The van der Waals surface area contributed by atoms with Crippen LogP contribution in [0, 0.1) is 0 Å². The minimum atomic E-state index is 0.490. The molecule has 0 bridgehead atoms. The van der Waals surface area contributed by atoms with Gasteiger partial charge < -0.3 is 9.32 Å². The molecule has 17 heavy (non-hydrogen) atoms. The number of oxazole rings is 1. The summed E-state index contributed by atoms with van der Waals surface area (Å²) in [5.74, 6) is 1.27. The Bertz CT molecular complexity index is 518. The van der Waals surface area contributed by atoms with Crippen molar-refractivity contribution in [1.82, 2.24) is 9.88 Å². The quantitative estimate of drug-likeness (QED) is 0.755. The summed E-state index contributed by atoms with van der Waals surface area (Å²) >= 11 is 0. The lowest BCUT2D eigenvalue weighted by Crippen LogP contribution is -2.09. The number of aldehydes is 1. The molecule has 4 nitrogen and oxygen atoms in total. The zero-order chi connectivity index (χ0) is 12.3. The van der Waals surface area contributed by atoms with E-state index < -0.39 is 0 Å². The van der Waals surface area contributed by atoms with Gasteiger partial charge in [0.15, 0.2) is 6.29 Å². The van der Waals surface area contributed by atoms with Gasteiger partial charge in [0.2, 0.25) is 5.89 Å². The van der Waals surface area contributed by atoms with E-state index in [0.717, 1.165) is 17.6 Å². The molecule has 0 spiro atoms. The molecule has 0 atom stereocenters. The molecule has 4 heteroatoms. The first-order valence-corrected chi connectivity index (χ1v) is 5.34. The zero-order valence-electron chi connectivity index (χ0n) is 9.88. The number of rotatable bonds is 4. The average molecular weight is 230 g/mol. The van der Waals surface area contributed by atoms with Gasteiger partial charge in [-0.3, -0.25) is 4.79 Å². The maximum atomic E-state index is 10.9. The van der Waals surface area contributed by atoms with E-state index in [2.05, 4.69) is 4.98 Å². The molecule has 1 heterocycles. The van der Waals surface area contributed by atoms with E-state index in [9.17, 15) is 4.79 Å². The van der Waals surface area contributed by atoms with E-state index in [1.807, 2.05) is 37.2 Å². The highest BCUT2D eigenvalue weighted by molar-refractivity contribution is 5.85. The average Bonchev–Trinajstić information content (AvgIpc) is 2.76. The molecule has 0 saturated heterocycles. The standard InChI is InChI=1S/C13H14N2O2/c1-15(2)8-11-7-14-13(17-11)12-6-4-3-5-10(12)9-16/h3-7,9H,8H2,1-2H3. The van der Waals surface area contributed by atoms with Crippen LogP contribution in [0.5, 0.6) is 0 Å². The molecule has 0 amide bonds. The molecule has 0 radical (unpaired) electrons. The lowest BCUT2D eigenvalue weighted by molar-refractivity contribution is 0.112. The molecule has 0 fully saturated rings. The molecule has 88 valence electrons. The number of aromatic nitrogens is 1. The van der Waals surface area contributed by atoms with Crippen LogP contribution < -0.4 is 0 Å². The van der Waals surface area contributed by atoms with Crippen LogP contribution in [-0.2, 0) is 6.54 Å². The Morgan fingerprint density at radius 2 is 2.12 bits per heavy atom. The summed E-state index contributed by atoms with van der Waals surface area (Å²) in [5, 5.41) is 0. The van der Waals surface area contributed by atoms with Gasteiger partial charge in [0.25, 0.3) is 0 Å². The summed E-state index contributed by atoms with van der Waals surface area (Å²) in [6, 6.07) is 7.25. The van der Waals surface area contributed by atoms with Gasteiger partial charge in [0.05, 0.1) is 12.7 Å². The summed E-state index contributed by atoms with van der Waals surface area (Å²) in [6.45, 7) is 0.691. The van der Waals surface area contributed by atoms with Gasteiger partial charge in [-0.2, -0.15) is 0 Å². The van der Waals surface area contributed by atoms with Crippen molar-refractivity contribution in [2.75, 3.05) is 14.1 Å². The fourth-order valence-corrected chi connectivity index (χ4v) is 1.61. The molecule has 2 rings (SSSR count). The third-order valence-electron chi connectivity index (χ3n) is 2.34. The van der Waals surface area contributed by atoms with Crippen LogP contribution in [0.15, 0.2) is 34.9 Å². The van der Waals surface area contributed by atoms with E-state index >= 15 is 0 Å². The third-order valence-corrected chi connectivity index (χ3v) is 2.34. The number of hydrogen-bond acceptors (Lipinski definition) is 4. The van der Waals surface area contributed by atoms with Gasteiger partial charge in [-0.15, -0.1) is 0 Å². The predicted octanol–water partition coefficient (Wildman–Crippen LogP) is 2.22. The Kier molecular flexibility index (Phi) is 3.35. The molecule has 0 aliphatic carbocycles.